The molecule has 46 heavy (non-hydrogen) atoms. The summed E-state index contributed by atoms with van der Waals surface area (Å²) in [5.41, 5.74) is 3.99. The fourth-order valence-corrected chi connectivity index (χ4v) is 5.02. The van der Waals surface area contributed by atoms with Gasteiger partial charge in [-0.15, -0.1) is 0 Å². The van der Waals surface area contributed by atoms with E-state index in [4.69, 9.17) is 18.9 Å². The summed E-state index contributed by atoms with van der Waals surface area (Å²) in [7, 11) is 1.54. The SMILES string of the molecule is COc1c(CNC(=O)OC(C)(C)C)cc(-c2c(C#CI)cc(OCc3ccccc3)cc2C#CI)cc1CNC(=O)OC(C)(C)C. The standard InChI is InChI=1S/C36H38I2N2O6/c1-35(2,3)45-33(41)39-21-28-17-27(18-29(32(28)43-7)22-40-34(42)46-36(4,5)6)31-25(13-15-37)19-30(20-26(31)14-16-38)44-23-24-11-9-8-10-12-24/h8-12,17-20H,21-23H2,1-7H3,(H,39,41)(H,40,42). The fourth-order valence-electron chi connectivity index (χ4n) is 4.44. The van der Waals surface area contributed by atoms with Crippen LogP contribution in [0.1, 0.15) is 69.4 Å². The summed E-state index contributed by atoms with van der Waals surface area (Å²) in [6.45, 7) is 11.4. The van der Waals surface area contributed by atoms with Gasteiger partial charge in [-0.1, -0.05) is 42.2 Å². The predicted molar refractivity (Wildman–Crippen MR) is 197 cm³/mol. The minimum atomic E-state index is -0.664. The van der Waals surface area contributed by atoms with Gasteiger partial charge in [-0.05, 0) is 84.8 Å². The Balaban J connectivity index is 2.14. The predicted octanol–water partition coefficient (Wildman–Crippen LogP) is 8.48. The van der Waals surface area contributed by atoms with Gasteiger partial charge in [0.05, 0.1) is 7.11 Å². The number of carbonyl (C=O) groups is 2. The molecular formula is C36H38I2N2O6. The number of rotatable bonds is 9. The van der Waals surface area contributed by atoms with Gasteiger partial charge >= 0.3 is 12.2 Å². The van der Waals surface area contributed by atoms with Crippen molar-refractivity contribution in [2.24, 2.45) is 0 Å². The summed E-state index contributed by atoms with van der Waals surface area (Å²) in [5, 5.41) is 5.64. The highest BCUT2D eigenvalue weighted by Crippen LogP contribution is 2.37. The van der Waals surface area contributed by atoms with E-state index in [1.807, 2.05) is 99.8 Å². The number of nitrogens with one attached hydrogen (secondary N) is 2. The third-order valence-corrected chi connectivity index (χ3v) is 6.64. The molecule has 0 bridgehead atoms. The molecule has 3 aromatic carbocycles. The maximum atomic E-state index is 12.6. The van der Waals surface area contributed by atoms with Crippen molar-refractivity contribution in [2.45, 2.75) is 72.4 Å². The van der Waals surface area contributed by atoms with Crippen LogP contribution in [0.2, 0.25) is 0 Å². The maximum absolute atomic E-state index is 12.6. The van der Waals surface area contributed by atoms with E-state index in [9.17, 15) is 9.59 Å². The Bertz CT molecular complexity index is 1580. The Labute approximate surface area is 299 Å². The Hall–Kier alpha value is -3.62. The summed E-state index contributed by atoms with van der Waals surface area (Å²) in [6, 6.07) is 17.5. The highest BCUT2D eigenvalue weighted by molar-refractivity contribution is 14.1. The summed E-state index contributed by atoms with van der Waals surface area (Å²) < 4.78 is 28.9. The van der Waals surface area contributed by atoms with Crippen LogP contribution in [-0.4, -0.2) is 30.5 Å². The topological polar surface area (TPSA) is 95.1 Å². The highest BCUT2D eigenvalue weighted by Gasteiger charge is 2.22. The van der Waals surface area contributed by atoms with Gasteiger partial charge in [0.1, 0.15) is 29.3 Å². The van der Waals surface area contributed by atoms with Crippen LogP contribution in [-0.2, 0) is 29.2 Å². The third-order valence-electron chi connectivity index (χ3n) is 6.10. The van der Waals surface area contributed by atoms with Crippen molar-refractivity contribution in [3.63, 3.8) is 0 Å². The minimum absolute atomic E-state index is 0.101. The lowest BCUT2D eigenvalue weighted by Gasteiger charge is -2.22. The van der Waals surface area contributed by atoms with Gasteiger partial charge in [0.2, 0.25) is 0 Å². The molecular weight excluding hydrogens is 810 g/mol. The van der Waals surface area contributed by atoms with Crippen molar-refractivity contribution in [3.8, 4) is 42.3 Å². The molecule has 0 heterocycles. The second kappa shape index (κ2) is 16.8. The molecule has 2 N–H and O–H groups in total. The van der Waals surface area contributed by atoms with Crippen molar-refractivity contribution in [3.05, 3.63) is 82.4 Å². The molecule has 0 aliphatic rings. The van der Waals surface area contributed by atoms with Crippen molar-refractivity contribution in [1.82, 2.24) is 10.6 Å². The number of amides is 2. The van der Waals surface area contributed by atoms with E-state index in [0.29, 0.717) is 40.4 Å². The number of ether oxygens (including phenoxy) is 4. The smallest absolute Gasteiger partial charge is 0.407 e. The number of carbonyl (C=O) groups excluding carboxylic acids is 2. The molecule has 2 amide bonds. The van der Waals surface area contributed by atoms with Crippen LogP contribution in [0.4, 0.5) is 9.59 Å². The van der Waals surface area contributed by atoms with Gasteiger partial charge in [0.15, 0.2) is 0 Å². The fraction of sp³-hybridized carbons (Fsp3) is 0.333. The molecule has 0 atom stereocenters. The Morgan fingerprint density at radius 3 is 1.65 bits per heavy atom. The lowest BCUT2D eigenvalue weighted by Crippen LogP contribution is -2.33. The van der Waals surface area contributed by atoms with Gasteiger partial charge in [-0.2, -0.15) is 0 Å². The van der Waals surface area contributed by atoms with Gasteiger partial charge in [-0.3, -0.25) is 0 Å². The average molecular weight is 849 g/mol. The number of hydrogen-bond donors (Lipinski definition) is 2. The van der Waals surface area contributed by atoms with E-state index >= 15 is 0 Å². The summed E-state index contributed by atoms with van der Waals surface area (Å²) in [5.74, 6) is 7.54. The van der Waals surface area contributed by atoms with Gasteiger partial charge < -0.3 is 29.6 Å². The van der Waals surface area contributed by atoms with Crippen LogP contribution in [0.3, 0.4) is 0 Å². The van der Waals surface area contributed by atoms with E-state index in [2.05, 4.69) is 30.3 Å². The number of methoxy groups -OCH3 is 1. The second-order valence-electron chi connectivity index (χ2n) is 12.1. The van der Waals surface area contributed by atoms with Crippen LogP contribution < -0.4 is 20.1 Å². The molecule has 0 spiro atoms. The first-order valence-electron chi connectivity index (χ1n) is 14.4. The van der Waals surface area contributed by atoms with Crippen molar-refractivity contribution < 1.29 is 28.5 Å². The summed E-state index contributed by atoms with van der Waals surface area (Å²) >= 11 is 4.01. The van der Waals surface area contributed by atoms with E-state index in [1.54, 1.807) is 48.7 Å². The third kappa shape index (κ3) is 11.6. The molecule has 0 unspecified atom stereocenters. The normalized spacial score (nSPS) is 10.8. The quantitative estimate of drug-likeness (QED) is 0.166. The molecule has 3 aromatic rings. The molecule has 8 nitrogen and oxygen atoms in total. The van der Waals surface area contributed by atoms with Crippen LogP contribution in [0, 0.1) is 19.7 Å². The average Bonchev–Trinajstić information content (AvgIpc) is 2.97. The zero-order valence-electron chi connectivity index (χ0n) is 27.0. The number of halogens is 2. The molecule has 0 aliphatic carbocycles. The van der Waals surface area contributed by atoms with E-state index in [-0.39, 0.29) is 13.1 Å². The Morgan fingerprint density at radius 1 is 0.761 bits per heavy atom. The first-order valence-corrected chi connectivity index (χ1v) is 16.6. The lowest BCUT2D eigenvalue weighted by atomic mass is 9.91. The molecule has 10 heteroatoms. The van der Waals surface area contributed by atoms with Gasteiger partial charge in [0, 0.05) is 86.1 Å². The van der Waals surface area contributed by atoms with Crippen LogP contribution >= 0.6 is 45.2 Å². The maximum Gasteiger partial charge on any atom is 0.407 e. The molecule has 3 rings (SSSR count). The van der Waals surface area contributed by atoms with Crippen molar-refractivity contribution in [1.29, 1.82) is 0 Å². The molecule has 0 aromatic heterocycles. The van der Waals surface area contributed by atoms with Crippen LogP contribution in [0.25, 0.3) is 11.1 Å². The van der Waals surface area contributed by atoms with E-state index in [0.717, 1.165) is 16.7 Å². The van der Waals surface area contributed by atoms with E-state index in [1.165, 1.54) is 0 Å². The molecule has 0 saturated heterocycles. The monoisotopic (exact) mass is 848 g/mol. The largest absolute Gasteiger partial charge is 0.496 e. The first kappa shape index (κ1) is 36.8. The number of alkyl carbamates (subject to hydrolysis) is 2. The van der Waals surface area contributed by atoms with Crippen LogP contribution in [0.5, 0.6) is 11.5 Å². The number of hydrogen-bond acceptors (Lipinski definition) is 6. The zero-order chi connectivity index (χ0) is 33.9. The van der Waals surface area contributed by atoms with E-state index < -0.39 is 23.4 Å². The van der Waals surface area contributed by atoms with Crippen LogP contribution in [0.15, 0.2) is 54.6 Å². The Kier molecular flexibility index (Phi) is 13.5. The number of benzene rings is 3. The Morgan fingerprint density at radius 2 is 1.24 bits per heavy atom. The zero-order valence-corrected chi connectivity index (χ0v) is 31.3. The highest BCUT2D eigenvalue weighted by atomic mass is 127. The second-order valence-corrected chi connectivity index (χ2v) is 13.2. The molecule has 242 valence electrons. The van der Waals surface area contributed by atoms with Crippen molar-refractivity contribution >= 4 is 57.4 Å². The molecule has 0 saturated carbocycles. The molecule has 0 fully saturated rings. The summed E-state index contributed by atoms with van der Waals surface area (Å²) in [4.78, 5) is 25.2. The van der Waals surface area contributed by atoms with Crippen molar-refractivity contribution in [2.75, 3.05) is 7.11 Å². The lowest BCUT2D eigenvalue weighted by molar-refractivity contribution is 0.0513. The van der Waals surface area contributed by atoms with Gasteiger partial charge in [0.25, 0.3) is 0 Å². The molecule has 0 radical (unpaired) electrons. The molecule has 0 aliphatic heterocycles. The summed E-state index contributed by atoms with van der Waals surface area (Å²) in [6.07, 6.45) is -1.14. The van der Waals surface area contributed by atoms with Gasteiger partial charge in [-0.25, -0.2) is 9.59 Å². The first-order chi connectivity index (χ1) is 21.7. The minimum Gasteiger partial charge on any atom is -0.496 e.